The molecule has 1 aliphatic heterocycles. The summed E-state index contributed by atoms with van der Waals surface area (Å²) in [4.78, 5) is 15.2. The van der Waals surface area contributed by atoms with Crippen LogP contribution in [0.5, 0.6) is 11.5 Å². The number of aromatic nitrogens is 2. The quantitative estimate of drug-likeness (QED) is 0.145. The van der Waals surface area contributed by atoms with Crippen LogP contribution in [0.4, 0.5) is 5.69 Å². The highest BCUT2D eigenvalue weighted by atomic mass is 32.2. The lowest BCUT2D eigenvalue weighted by Crippen LogP contribution is -2.35. The van der Waals surface area contributed by atoms with Gasteiger partial charge in [0.1, 0.15) is 11.5 Å². The number of ether oxygens (including phenoxy) is 2. The van der Waals surface area contributed by atoms with E-state index in [0.717, 1.165) is 46.5 Å². The van der Waals surface area contributed by atoms with Gasteiger partial charge in [-0.1, -0.05) is 36.4 Å². The number of amides is 1. The van der Waals surface area contributed by atoms with Crippen molar-refractivity contribution in [3.63, 3.8) is 0 Å². The summed E-state index contributed by atoms with van der Waals surface area (Å²) in [5.41, 5.74) is 7.53. The summed E-state index contributed by atoms with van der Waals surface area (Å²) < 4.78 is 44.2. The number of fused-ring (bicyclic) bond motifs is 1. The topological polar surface area (TPSA) is 111 Å². The zero-order valence-electron chi connectivity index (χ0n) is 25.2. The van der Waals surface area contributed by atoms with E-state index in [4.69, 9.17) is 14.0 Å². The number of aryl methyl sites for hydroxylation is 1. The predicted molar refractivity (Wildman–Crippen MR) is 171 cm³/mol. The van der Waals surface area contributed by atoms with Gasteiger partial charge in [0.05, 0.1) is 31.7 Å². The highest BCUT2D eigenvalue weighted by Crippen LogP contribution is 2.36. The fraction of sp³-hybridized carbons (Fsp3) is 0.353. The van der Waals surface area contributed by atoms with E-state index in [2.05, 4.69) is 31.1 Å². The van der Waals surface area contributed by atoms with E-state index in [1.165, 1.54) is 11.1 Å². The molecule has 0 fully saturated rings. The Balaban J connectivity index is 1.20. The molecular formula is C34H39N3O6S. The standard InChI is InChI=1S/C34H39N3O6S/c1-25-9-3-15-33(26(25)2)43-18-7-16-34(38)37-17-6-13-31-30(12-5-14-32(31)37)28-22-35-36(24-28)23-27-10-4-11-29(21-27)42-19-8-20-44(39,40)41/h3-5,9-12,14-15,21-22,24H,6-8,13,16-20,23H2,1-2H3,(H,39,40,41). The fourth-order valence-corrected chi connectivity index (χ4v) is 6.00. The molecular weight excluding hydrogens is 578 g/mol. The van der Waals surface area contributed by atoms with Crippen LogP contribution in [-0.4, -0.2) is 54.2 Å². The Labute approximate surface area is 259 Å². The van der Waals surface area contributed by atoms with Crippen LogP contribution in [0.1, 0.15) is 47.9 Å². The third-order valence-corrected chi connectivity index (χ3v) is 8.71. The first-order valence-electron chi connectivity index (χ1n) is 15.0. The van der Waals surface area contributed by atoms with E-state index in [-0.39, 0.29) is 24.7 Å². The van der Waals surface area contributed by atoms with Gasteiger partial charge in [0.15, 0.2) is 0 Å². The molecule has 1 aliphatic rings. The Bertz CT molecular complexity index is 1720. The molecule has 4 aromatic rings. The molecule has 0 saturated heterocycles. The molecule has 0 saturated carbocycles. The zero-order valence-corrected chi connectivity index (χ0v) is 26.1. The van der Waals surface area contributed by atoms with Crippen molar-refractivity contribution in [1.29, 1.82) is 0 Å². The Morgan fingerprint density at radius 2 is 1.80 bits per heavy atom. The largest absolute Gasteiger partial charge is 0.494 e. The second-order valence-electron chi connectivity index (χ2n) is 11.2. The lowest BCUT2D eigenvalue weighted by Gasteiger charge is -2.31. The van der Waals surface area contributed by atoms with Gasteiger partial charge in [-0.05, 0) is 91.6 Å². The lowest BCUT2D eigenvalue weighted by molar-refractivity contribution is -0.118. The second-order valence-corrected chi connectivity index (χ2v) is 12.7. The van der Waals surface area contributed by atoms with Crippen molar-refractivity contribution in [1.82, 2.24) is 9.78 Å². The first-order chi connectivity index (χ1) is 21.2. The van der Waals surface area contributed by atoms with Crippen molar-refractivity contribution in [2.75, 3.05) is 30.4 Å². The SMILES string of the molecule is Cc1cccc(OCCCC(=O)N2CCCc3c(-c4cnn(Cc5cccc(OCCCS(=O)(=O)O)c5)c4)cccc32)c1C. The van der Waals surface area contributed by atoms with Gasteiger partial charge in [0.2, 0.25) is 5.91 Å². The Morgan fingerprint density at radius 1 is 1.00 bits per heavy atom. The maximum absolute atomic E-state index is 13.3. The summed E-state index contributed by atoms with van der Waals surface area (Å²) in [5.74, 6) is 1.29. The van der Waals surface area contributed by atoms with Crippen molar-refractivity contribution in [2.45, 2.75) is 52.5 Å². The van der Waals surface area contributed by atoms with E-state index in [9.17, 15) is 13.2 Å². The average molecular weight is 618 g/mol. The lowest BCUT2D eigenvalue weighted by atomic mass is 9.93. The highest BCUT2D eigenvalue weighted by Gasteiger charge is 2.24. The zero-order chi connectivity index (χ0) is 31.1. The third-order valence-electron chi connectivity index (χ3n) is 7.90. The first-order valence-corrected chi connectivity index (χ1v) is 16.6. The highest BCUT2D eigenvalue weighted by molar-refractivity contribution is 7.85. The molecule has 3 aromatic carbocycles. The van der Waals surface area contributed by atoms with E-state index >= 15 is 0 Å². The number of benzene rings is 3. The molecule has 0 spiro atoms. The Morgan fingerprint density at radius 3 is 2.64 bits per heavy atom. The molecule has 232 valence electrons. The van der Waals surface area contributed by atoms with Crippen molar-refractivity contribution in [3.8, 4) is 22.6 Å². The molecule has 0 radical (unpaired) electrons. The number of nitrogens with zero attached hydrogens (tertiary/aromatic N) is 3. The molecule has 1 N–H and O–H groups in total. The van der Waals surface area contributed by atoms with Crippen LogP contribution in [0.15, 0.2) is 73.1 Å². The van der Waals surface area contributed by atoms with Crippen molar-refractivity contribution in [2.24, 2.45) is 0 Å². The van der Waals surface area contributed by atoms with Crippen LogP contribution >= 0.6 is 0 Å². The second kappa shape index (κ2) is 14.1. The van der Waals surface area contributed by atoms with Gasteiger partial charge in [0, 0.05) is 30.4 Å². The third kappa shape index (κ3) is 8.06. The van der Waals surface area contributed by atoms with E-state index in [1.807, 2.05) is 70.5 Å². The van der Waals surface area contributed by atoms with Crippen molar-refractivity contribution in [3.05, 3.63) is 95.3 Å². The van der Waals surface area contributed by atoms with Crippen molar-refractivity contribution < 1.29 is 27.2 Å². The van der Waals surface area contributed by atoms with Gasteiger partial charge in [-0.2, -0.15) is 13.5 Å². The smallest absolute Gasteiger partial charge is 0.264 e. The molecule has 44 heavy (non-hydrogen) atoms. The number of carbonyl (C=O) groups excluding carboxylic acids is 1. The molecule has 5 rings (SSSR count). The van der Waals surface area contributed by atoms with Crippen molar-refractivity contribution >= 4 is 21.7 Å². The molecule has 1 aromatic heterocycles. The molecule has 1 amide bonds. The van der Waals surface area contributed by atoms with Gasteiger partial charge >= 0.3 is 0 Å². The van der Waals surface area contributed by atoms with Crippen LogP contribution in [0, 0.1) is 13.8 Å². The van der Waals surface area contributed by atoms with Gasteiger partial charge in [0.25, 0.3) is 10.1 Å². The minimum atomic E-state index is -3.99. The number of anilines is 1. The molecule has 0 aliphatic carbocycles. The Hall–Kier alpha value is -4.15. The summed E-state index contributed by atoms with van der Waals surface area (Å²) in [6.45, 7) is 6.05. The normalized spacial score (nSPS) is 13.0. The van der Waals surface area contributed by atoms with Crippen LogP contribution in [0.3, 0.4) is 0 Å². The summed E-state index contributed by atoms with van der Waals surface area (Å²) >= 11 is 0. The number of hydrogen-bond donors (Lipinski definition) is 1. The summed E-state index contributed by atoms with van der Waals surface area (Å²) in [6.07, 6.45) is 6.96. The van der Waals surface area contributed by atoms with Crippen LogP contribution in [-0.2, 0) is 27.9 Å². The van der Waals surface area contributed by atoms with Gasteiger partial charge < -0.3 is 14.4 Å². The van der Waals surface area contributed by atoms with Crippen LogP contribution < -0.4 is 14.4 Å². The summed E-state index contributed by atoms with van der Waals surface area (Å²) in [6, 6.07) is 19.7. The molecule has 0 atom stereocenters. The van der Waals surface area contributed by atoms with Crippen LogP contribution in [0.2, 0.25) is 0 Å². The van der Waals surface area contributed by atoms with Gasteiger partial charge in [-0.25, -0.2) is 0 Å². The van der Waals surface area contributed by atoms with Gasteiger partial charge in [-0.15, -0.1) is 0 Å². The number of carbonyl (C=O) groups is 1. The maximum atomic E-state index is 13.3. The molecule has 10 heteroatoms. The minimum absolute atomic E-state index is 0.114. The molecule has 9 nitrogen and oxygen atoms in total. The monoisotopic (exact) mass is 617 g/mol. The number of rotatable bonds is 13. The first kappa shape index (κ1) is 31.3. The minimum Gasteiger partial charge on any atom is -0.494 e. The number of hydrogen-bond acceptors (Lipinski definition) is 6. The Kier molecular flexibility index (Phi) is 10.0. The maximum Gasteiger partial charge on any atom is 0.264 e. The van der Waals surface area contributed by atoms with Crippen LogP contribution in [0.25, 0.3) is 11.1 Å². The van der Waals surface area contributed by atoms with Gasteiger partial charge in [-0.3, -0.25) is 14.0 Å². The molecule has 0 bridgehead atoms. The summed E-state index contributed by atoms with van der Waals surface area (Å²) in [5, 5.41) is 4.60. The van der Waals surface area contributed by atoms with E-state index in [1.54, 1.807) is 0 Å². The van der Waals surface area contributed by atoms with E-state index in [0.29, 0.717) is 38.3 Å². The molecule has 0 unspecified atom stereocenters. The summed E-state index contributed by atoms with van der Waals surface area (Å²) in [7, 11) is -3.99. The predicted octanol–water partition coefficient (Wildman–Crippen LogP) is 6.01. The fourth-order valence-electron chi connectivity index (χ4n) is 5.52. The average Bonchev–Trinajstić information content (AvgIpc) is 3.46. The molecule has 2 heterocycles. The van der Waals surface area contributed by atoms with E-state index < -0.39 is 10.1 Å².